The van der Waals surface area contributed by atoms with Gasteiger partial charge in [-0.05, 0) is 66.6 Å². The van der Waals surface area contributed by atoms with E-state index in [9.17, 15) is 0 Å². The molecule has 0 aliphatic carbocycles. The number of ether oxygens (including phenoxy) is 1. The number of rotatable bonds is 13. The van der Waals surface area contributed by atoms with Crippen LogP contribution in [-0.4, -0.2) is 38.3 Å². The second-order valence-electron chi connectivity index (χ2n) is 6.31. The molecule has 0 bridgehead atoms. The van der Waals surface area contributed by atoms with Crippen LogP contribution in [0.1, 0.15) is 65.7 Å². The van der Waals surface area contributed by atoms with Crippen LogP contribution in [0.5, 0.6) is 0 Å². The molecule has 0 saturated carbocycles. The van der Waals surface area contributed by atoms with E-state index in [0.717, 1.165) is 38.0 Å². The zero-order valence-corrected chi connectivity index (χ0v) is 15.1. The van der Waals surface area contributed by atoms with Crippen molar-refractivity contribution in [3.8, 4) is 0 Å². The maximum absolute atomic E-state index is 6.02. The average molecular weight is 296 g/mol. The fraction of sp³-hybridized carbons (Fsp3) is 0.789. The van der Waals surface area contributed by atoms with Crippen LogP contribution >= 0.6 is 0 Å². The SMILES string of the molecule is C=C(C)C(CC/C(=C\C)CCCCC)OCCCN(C)C. The van der Waals surface area contributed by atoms with Crippen molar-refractivity contribution >= 4 is 0 Å². The van der Waals surface area contributed by atoms with Crippen molar-refractivity contribution in [2.24, 2.45) is 0 Å². The molecule has 0 aliphatic rings. The highest BCUT2D eigenvalue weighted by atomic mass is 16.5. The molecular formula is C19H37NO. The van der Waals surface area contributed by atoms with Gasteiger partial charge in [-0.2, -0.15) is 0 Å². The highest BCUT2D eigenvalue weighted by molar-refractivity contribution is 5.04. The first kappa shape index (κ1) is 20.4. The standard InChI is InChI=1S/C19H37NO/c1-7-9-10-12-18(8-2)13-14-19(17(3)4)21-16-11-15-20(5)6/h8,19H,3,7,9-16H2,1-2,4-6H3/b18-8-. The lowest BCUT2D eigenvalue weighted by molar-refractivity contribution is 0.0669. The Balaban J connectivity index is 4.04. The first-order valence-corrected chi connectivity index (χ1v) is 8.57. The van der Waals surface area contributed by atoms with Crippen molar-refractivity contribution in [2.75, 3.05) is 27.2 Å². The van der Waals surface area contributed by atoms with Crippen molar-refractivity contribution in [3.05, 3.63) is 23.8 Å². The van der Waals surface area contributed by atoms with Crippen LogP contribution in [0.2, 0.25) is 0 Å². The topological polar surface area (TPSA) is 12.5 Å². The van der Waals surface area contributed by atoms with E-state index in [-0.39, 0.29) is 6.10 Å². The summed E-state index contributed by atoms with van der Waals surface area (Å²) >= 11 is 0. The third-order valence-corrected chi connectivity index (χ3v) is 3.86. The number of nitrogens with zero attached hydrogens (tertiary/aromatic N) is 1. The molecule has 0 aromatic carbocycles. The Bertz CT molecular complexity index is 294. The van der Waals surface area contributed by atoms with Gasteiger partial charge in [0.25, 0.3) is 0 Å². The molecule has 0 aromatic heterocycles. The largest absolute Gasteiger partial charge is 0.374 e. The van der Waals surface area contributed by atoms with E-state index < -0.39 is 0 Å². The minimum atomic E-state index is 0.216. The number of unbranched alkanes of at least 4 members (excludes halogenated alkanes) is 2. The predicted molar refractivity (Wildman–Crippen MR) is 94.9 cm³/mol. The summed E-state index contributed by atoms with van der Waals surface area (Å²) in [5, 5.41) is 0. The van der Waals surface area contributed by atoms with Crippen LogP contribution in [0.25, 0.3) is 0 Å². The van der Waals surface area contributed by atoms with Crippen LogP contribution in [0.4, 0.5) is 0 Å². The fourth-order valence-corrected chi connectivity index (χ4v) is 2.41. The molecule has 0 spiro atoms. The van der Waals surface area contributed by atoms with Crippen molar-refractivity contribution in [1.29, 1.82) is 0 Å². The Kier molecular flexibility index (Phi) is 12.7. The molecule has 124 valence electrons. The quantitative estimate of drug-likeness (QED) is 0.342. The van der Waals surface area contributed by atoms with E-state index >= 15 is 0 Å². The van der Waals surface area contributed by atoms with Gasteiger partial charge in [0, 0.05) is 6.61 Å². The van der Waals surface area contributed by atoms with E-state index in [1.807, 2.05) is 0 Å². The minimum Gasteiger partial charge on any atom is -0.374 e. The smallest absolute Gasteiger partial charge is 0.0782 e. The summed E-state index contributed by atoms with van der Waals surface area (Å²) in [4.78, 5) is 2.20. The van der Waals surface area contributed by atoms with Crippen molar-refractivity contribution < 1.29 is 4.74 Å². The molecule has 0 aromatic rings. The summed E-state index contributed by atoms with van der Waals surface area (Å²) in [6.07, 6.45) is 11.0. The molecule has 0 amide bonds. The van der Waals surface area contributed by atoms with Gasteiger partial charge in [-0.15, -0.1) is 0 Å². The van der Waals surface area contributed by atoms with Gasteiger partial charge in [0.15, 0.2) is 0 Å². The molecule has 0 saturated heterocycles. The molecule has 2 nitrogen and oxygen atoms in total. The Morgan fingerprint density at radius 1 is 1.19 bits per heavy atom. The molecule has 0 radical (unpaired) electrons. The second kappa shape index (κ2) is 13.1. The van der Waals surface area contributed by atoms with Crippen LogP contribution in [0, 0.1) is 0 Å². The lowest BCUT2D eigenvalue weighted by atomic mass is 9.99. The summed E-state index contributed by atoms with van der Waals surface area (Å²) < 4.78 is 6.02. The van der Waals surface area contributed by atoms with Gasteiger partial charge >= 0.3 is 0 Å². The number of hydrogen-bond donors (Lipinski definition) is 0. The molecule has 1 unspecified atom stereocenters. The number of allylic oxidation sites excluding steroid dienone is 2. The summed E-state index contributed by atoms with van der Waals surface area (Å²) in [6.45, 7) is 12.5. The summed E-state index contributed by atoms with van der Waals surface area (Å²) in [6, 6.07) is 0. The summed E-state index contributed by atoms with van der Waals surface area (Å²) in [5.74, 6) is 0. The van der Waals surface area contributed by atoms with Gasteiger partial charge in [0.2, 0.25) is 0 Å². The Morgan fingerprint density at radius 3 is 2.43 bits per heavy atom. The van der Waals surface area contributed by atoms with Crippen LogP contribution in [-0.2, 0) is 4.74 Å². The monoisotopic (exact) mass is 295 g/mol. The first-order chi connectivity index (χ1) is 10.0. The van der Waals surface area contributed by atoms with Crippen LogP contribution in [0.15, 0.2) is 23.8 Å². The zero-order valence-electron chi connectivity index (χ0n) is 15.1. The second-order valence-corrected chi connectivity index (χ2v) is 6.31. The Hall–Kier alpha value is -0.600. The molecule has 0 N–H and O–H groups in total. The third kappa shape index (κ3) is 11.7. The first-order valence-electron chi connectivity index (χ1n) is 8.57. The normalized spacial score (nSPS) is 13.7. The molecule has 2 heteroatoms. The van der Waals surface area contributed by atoms with E-state index in [0.29, 0.717) is 0 Å². The lowest BCUT2D eigenvalue weighted by Gasteiger charge is -2.19. The molecular weight excluding hydrogens is 258 g/mol. The molecule has 1 atom stereocenters. The average Bonchev–Trinajstić information content (AvgIpc) is 2.43. The highest BCUT2D eigenvalue weighted by Crippen LogP contribution is 2.19. The fourth-order valence-electron chi connectivity index (χ4n) is 2.41. The summed E-state index contributed by atoms with van der Waals surface area (Å²) in [7, 11) is 4.20. The molecule has 0 aliphatic heterocycles. The van der Waals surface area contributed by atoms with Crippen LogP contribution in [0.3, 0.4) is 0 Å². The Morgan fingerprint density at radius 2 is 1.90 bits per heavy atom. The van der Waals surface area contributed by atoms with Crippen molar-refractivity contribution in [3.63, 3.8) is 0 Å². The van der Waals surface area contributed by atoms with E-state index in [2.05, 4.69) is 52.4 Å². The van der Waals surface area contributed by atoms with Gasteiger partial charge < -0.3 is 9.64 Å². The van der Waals surface area contributed by atoms with E-state index in [4.69, 9.17) is 4.74 Å². The third-order valence-electron chi connectivity index (χ3n) is 3.86. The minimum absolute atomic E-state index is 0.216. The molecule has 0 heterocycles. The molecule has 21 heavy (non-hydrogen) atoms. The maximum Gasteiger partial charge on any atom is 0.0782 e. The van der Waals surface area contributed by atoms with Gasteiger partial charge in [0.05, 0.1) is 6.10 Å². The van der Waals surface area contributed by atoms with Crippen LogP contribution < -0.4 is 0 Å². The van der Waals surface area contributed by atoms with Gasteiger partial charge in [-0.25, -0.2) is 0 Å². The predicted octanol–water partition coefficient (Wildman–Crippen LogP) is 5.21. The molecule has 0 fully saturated rings. The summed E-state index contributed by atoms with van der Waals surface area (Å²) in [5.41, 5.74) is 2.73. The van der Waals surface area contributed by atoms with Gasteiger partial charge in [0.1, 0.15) is 0 Å². The lowest BCUT2D eigenvalue weighted by Crippen LogP contribution is -2.19. The van der Waals surface area contributed by atoms with Gasteiger partial charge in [-0.3, -0.25) is 0 Å². The maximum atomic E-state index is 6.02. The zero-order chi connectivity index (χ0) is 16.1. The number of hydrogen-bond acceptors (Lipinski definition) is 2. The highest BCUT2D eigenvalue weighted by Gasteiger charge is 2.11. The van der Waals surface area contributed by atoms with Crippen molar-refractivity contribution in [2.45, 2.75) is 71.8 Å². The van der Waals surface area contributed by atoms with E-state index in [1.54, 1.807) is 5.57 Å². The van der Waals surface area contributed by atoms with Crippen molar-refractivity contribution in [1.82, 2.24) is 4.90 Å². The Labute approximate surface area is 133 Å². The molecule has 0 rings (SSSR count). The van der Waals surface area contributed by atoms with E-state index in [1.165, 1.54) is 25.7 Å². The van der Waals surface area contributed by atoms with Gasteiger partial charge in [-0.1, -0.05) is 43.6 Å².